The second-order valence-electron chi connectivity index (χ2n) is 6.32. The largest absolute Gasteiger partial charge is 0.497 e. The van der Waals surface area contributed by atoms with E-state index >= 15 is 0 Å². The Hall–Kier alpha value is -1.85. The van der Waals surface area contributed by atoms with Crippen molar-refractivity contribution >= 4 is 17.2 Å². The molecule has 1 saturated heterocycles. The van der Waals surface area contributed by atoms with Gasteiger partial charge in [0.25, 0.3) is 5.91 Å². The molecular weight excluding hydrogens is 308 g/mol. The summed E-state index contributed by atoms with van der Waals surface area (Å²) in [6.45, 7) is 1.11. The number of nitrogens with one attached hydrogen (secondary N) is 2. The second kappa shape index (κ2) is 5.98. The van der Waals surface area contributed by atoms with Crippen LogP contribution in [-0.2, 0) is 0 Å². The first-order valence-electron chi connectivity index (χ1n) is 8.01. The van der Waals surface area contributed by atoms with Crippen LogP contribution in [0.1, 0.15) is 22.5 Å². The van der Waals surface area contributed by atoms with E-state index in [0.29, 0.717) is 6.04 Å². The Balaban J connectivity index is 1.45. The lowest BCUT2D eigenvalue weighted by molar-refractivity contribution is 0.0932. The van der Waals surface area contributed by atoms with Crippen molar-refractivity contribution in [2.45, 2.75) is 24.9 Å². The van der Waals surface area contributed by atoms with E-state index in [2.05, 4.69) is 10.6 Å². The van der Waals surface area contributed by atoms with Crippen molar-refractivity contribution in [3.63, 3.8) is 0 Å². The quantitative estimate of drug-likeness (QED) is 0.907. The van der Waals surface area contributed by atoms with Gasteiger partial charge >= 0.3 is 0 Å². The van der Waals surface area contributed by atoms with E-state index in [9.17, 15) is 4.79 Å². The molecule has 1 amide bonds. The van der Waals surface area contributed by atoms with Gasteiger partial charge in [-0.05, 0) is 67.3 Å². The molecule has 5 heteroatoms. The first-order valence-corrected chi connectivity index (χ1v) is 8.83. The zero-order chi connectivity index (χ0) is 15.8. The van der Waals surface area contributed by atoms with Gasteiger partial charge in [-0.3, -0.25) is 4.79 Å². The lowest BCUT2D eigenvalue weighted by Gasteiger charge is -2.23. The van der Waals surface area contributed by atoms with Gasteiger partial charge < -0.3 is 15.4 Å². The van der Waals surface area contributed by atoms with E-state index in [4.69, 9.17) is 4.74 Å². The number of methoxy groups -OCH3 is 1. The molecule has 2 bridgehead atoms. The summed E-state index contributed by atoms with van der Waals surface area (Å²) < 4.78 is 5.18. The number of carbonyl (C=O) groups excluding carboxylic acids is 1. The van der Waals surface area contributed by atoms with E-state index < -0.39 is 0 Å². The molecule has 4 nitrogen and oxygen atoms in total. The van der Waals surface area contributed by atoms with Crippen LogP contribution in [0, 0.1) is 5.92 Å². The number of hydrogen-bond donors (Lipinski definition) is 2. The molecule has 0 spiro atoms. The first-order chi connectivity index (χ1) is 11.2. The summed E-state index contributed by atoms with van der Waals surface area (Å²) >= 11 is 1.54. The summed E-state index contributed by atoms with van der Waals surface area (Å²) in [7, 11) is 1.66. The number of fused-ring (bicyclic) bond motifs is 2. The van der Waals surface area contributed by atoms with Crippen molar-refractivity contribution < 1.29 is 9.53 Å². The summed E-state index contributed by atoms with van der Waals surface area (Å²) in [6, 6.07) is 12.6. The molecule has 2 heterocycles. The molecular formula is C18H20N2O2S. The Morgan fingerprint density at radius 3 is 2.70 bits per heavy atom. The second-order valence-corrected chi connectivity index (χ2v) is 7.41. The number of piperidine rings is 1. The molecule has 3 atom stereocenters. The summed E-state index contributed by atoms with van der Waals surface area (Å²) in [4.78, 5) is 14.4. The molecule has 0 radical (unpaired) electrons. The molecule has 2 N–H and O–H groups in total. The van der Waals surface area contributed by atoms with Gasteiger partial charge in [-0.15, -0.1) is 11.3 Å². The average molecular weight is 328 g/mol. The van der Waals surface area contributed by atoms with E-state index in [0.717, 1.165) is 40.0 Å². The van der Waals surface area contributed by atoms with E-state index in [1.54, 1.807) is 7.11 Å². The minimum absolute atomic E-state index is 0.0501. The Morgan fingerprint density at radius 2 is 2.04 bits per heavy atom. The van der Waals surface area contributed by atoms with Crippen LogP contribution in [-0.4, -0.2) is 31.6 Å². The van der Waals surface area contributed by atoms with Gasteiger partial charge in [-0.25, -0.2) is 0 Å². The maximum atomic E-state index is 12.5. The predicted octanol–water partition coefficient (Wildman–Crippen LogP) is 2.90. The standard InChI is InChI=1S/C18H20N2O2S/c1-22-13-4-2-12(3-5-13)16-6-7-17(23-16)18(21)20-15-9-11-8-14(15)19-10-11/h2-7,11,14-15,19H,8-10H2,1H3,(H,20,21). The highest BCUT2D eigenvalue weighted by molar-refractivity contribution is 7.17. The molecule has 1 aliphatic heterocycles. The van der Waals surface area contributed by atoms with Crippen LogP contribution < -0.4 is 15.4 Å². The Morgan fingerprint density at radius 1 is 1.22 bits per heavy atom. The minimum atomic E-state index is 0.0501. The molecule has 23 heavy (non-hydrogen) atoms. The number of carbonyl (C=O) groups is 1. The fourth-order valence-electron chi connectivity index (χ4n) is 3.62. The zero-order valence-corrected chi connectivity index (χ0v) is 13.9. The van der Waals surface area contributed by atoms with Crippen LogP contribution in [0.4, 0.5) is 0 Å². The molecule has 1 aromatic heterocycles. The number of hydrogen-bond acceptors (Lipinski definition) is 4. The SMILES string of the molecule is COc1ccc(-c2ccc(C(=O)NC3CC4CNC3C4)s2)cc1. The van der Waals surface area contributed by atoms with Crippen molar-refractivity contribution in [2.24, 2.45) is 5.92 Å². The molecule has 2 fully saturated rings. The molecule has 1 aromatic carbocycles. The molecule has 2 aromatic rings. The van der Waals surface area contributed by atoms with Crippen LogP contribution in [0.2, 0.25) is 0 Å². The lowest BCUT2D eigenvalue weighted by Crippen LogP contribution is -2.47. The fourth-order valence-corrected chi connectivity index (χ4v) is 4.54. The van der Waals surface area contributed by atoms with Crippen LogP contribution in [0.25, 0.3) is 10.4 Å². The summed E-state index contributed by atoms with van der Waals surface area (Å²) in [5.41, 5.74) is 1.11. The normalized spacial score (nSPS) is 25.5. The highest BCUT2D eigenvalue weighted by Crippen LogP contribution is 2.32. The van der Waals surface area contributed by atoms with Crippen molar-refractivity contribution in [1.82, 2.24) is 10.6 Å². The number of amides is 1. The zero-order valence-electron chi connectivity index (χ0n) is 13.0. The number of ether oxygens (including phenoxy) is 1. The summed E-state index contributed by atoms with van der Waals surface area (Å²) in [6.07, 6.45) is 2.31. The van der Waals surface area contributed by atoms with Gasteiger partial charge in [0.15, 0.2) is 0 Å². The van der Waals surface area contributed by atoms with Crippen molar-refractivity contribution in [2.75, 3.05) is 13.7 Å². The van der Waals surface area contributed by atoms with Gasteiger partial charge in [0.1, 0.15) is 5.75 Å². The molecule has 120 valence electrons. The van der Waals surface area contributed by atoms with Gasteiger partial charge in [-0.1, -0.05) is 0 Å². The highest BCUT2D eigenvalue weighted by Gasteiger charge is 2.40. The maximum Gasteiger partial charge on any atom is 0.261 e. The third-order valence-electron chi connectivity index (χ3n) is 4.85. The van der Waals surface area contributed by atoms with E-state index in [-0.39, 0.29) is 11.9 Å². The van der Waals surface area contributed by atoms with Gasteiger partial charge in [-0.2, -0.15) is 0 Å². The predicted molar refractivity (Wildman–Crippen MR) is 92.1 cm³/mol. The van der Waals surface area contributed by atoms with Crippen molar-refractivity contribution in [3.8, 4) is 16.2 Å². The number of thiophene rings is 1. The Kier molecular flexibility index (Phi) is 3.83. The van der Waals surface area contributed by atoms with Crippen LogP contribution in [0.15, 0.2) is 36.4 Å². The number of benzene rings is 1. The van der Waals surface area contributed by atoms with Crippen LogP contribution in [0.5, 0.6) is 5.75 Å². The third-order valence-corrected chi connectivity index (χ3v) is 5.98. The Labute approximate surface area is 139 Å². The smallest absolute Gasteiger partial charge is 0.261 e. The van der Waals surface area contributed by atoms with Crippen molar-refractivity contribution in [1.29, 1.82) is 0 Å². The molecule has 1 saturated carbocycles. The molecule has 4 rings (SSSR count). The maximum absolute atomic E-state index is 12.5. The van der Waals surface area contributed by atoms with Crippen LogP contribution >= 0.6 is 11.3 Å². The average Bonchev–Trinajstić information content (AvgIpc) is 3.31. The Bertz CT molecular complexity index is 710. The topological polar surface area (TPSA) is 50.4 Å². The summed E-state index contributed by atoms with van der Waals surface area (Å²) in [5.74, 6) is 1.63. The van der Waals surface area contributed by atoms with E-state index in [1.807, 2.05) is 36.4 Å². The first kappa shape index (κ1) is 14.7. The van der Waals surface area contributed by atoms with Gasteiger partial charge in [0, 0.05) is 17.0 Å². The highest BCUT2D eigenvalue weighted by atomic mass is 32.1. The van der Waals surface area contributed by atoms with Crippen LogP contribution in [0.3, 0.4) is 0 Å². The monoisotopic (exact) mass is 328 g/mol. The fraction of sp³-hybridized carbons (Fsp3) is 0.389. The van der Waals surface area contributed by atoms with Gasteiger partial charge in [0.2, 0.25) is 0 Å². The third kappa shape index (κ3) is 2.86. The van der Waals surface area contributed by atoms with Gasteiger partial charge in [0.05, 0.1) is 12.0 Å². The molecule has 2 aliphatic rings. The number of rotatable bonds is 4. The summed E-state index contributed by atoms with van der Waals surface area (Å²) in [5, 5.41) is 6.68. The van der Waals surface area contributed by atoms with E-state index in [1.165, 1.54) is 17.8 Å². The minimum Gasteiger partial charge on any atom is -0.497 e. The lowest BCUT2D eigenvalue weighted by atomic mass is 10.1. The van der Waals surface area contributed by atoms with Crippen molar-refractivity contribution in [3.05, 3.63) is 41.3 Å². The molecule has 3 unspecified atom stereocenters. The molecule has 1 aliphatic carbocycles.